The van der Waals surface area contributed by atoms with Crippen LogP contribution in [0.1, 0.15) is 61.3 Å². The summed E-state index contributed by atoms with van der Waals surface area (Å²) < 4.78 is 0. The van der Waals surface area contributed by atoms with E-state index in [9.17, 15) is 0 Å². The summed E-state index contributed by atoms with van der Waals surface area (Å²) in [6.45, 7) is 16.1. The van der Waals surface area contributed by atoms with E-state index in [0.29, 0.717) is 10.8 Å². The van der Waals surface area contributed by atoms with Crippen molar-refractivity contribution < 1.29 is 0 Å². The van der Waals surface area contributed by atoms with Crippen LogP contribution in [0.15, 0.2) is 11.6 Å². The summed E-state index contributed by atoms with van der Waals surface area (Å²) in [5, 5.41) is 0. The van der Waals surface area contributed by atoms with Crippen molar-refractivity contribution in [3.63, 3.8) is 0 Å². The number of hydrogen-bond donors (Lipinski definition) is 0. The van der Waals surface area contributed by atoms with Crippen molar-refractivity contribution in [3.8, 4) is 0 Å². The van der Waals surface area contributed by atoms with Crippen molar-refractivity contribution in [3.05, 3.63) is 11.6 Å². The van der Waals surface area contributed by atoms with E-state index < -0.39 is 0 Å². The van der Waals surface area contributed by atoms with Gasteiger partial charge in [0, 0.05) is 0 Å². The Hall–Kier alpha value is -0.260. The Bertz CT molecular complexity index is 177. The van der Waals surface area contributed by atoms with Gasteiger partial charge in [-0.1, -0.05) is 53.2 Å². The summed E-state index contributed by atoms with van der Waals surface area (Å²) in [6.07, 6.45) is 4.72. The van der Waals surface area contributed by atoms with E-state index in [1.54, 1.807) is 5.57 Å². The molecule has 0 aliphatic rings. The third-order valence-electron chi connectivity index (χ3n) is 2.57. The molecule has 0 N–H and O–H groups in total. The fraction of sp³-hybridized carbons (Fsp3) is 0.846. The molecule has 0 aliphatic heterocycles. The Labute approximate surface area is 84.4 Å². The van der Waals surface area contributed by atoms with Gasteiger partial charge in [-0.25, -0.2) is 0 Å². The van der Waals surface area contributed by atoms with E-state index in [1.165, 1.54) is 12.8 Å². The fourth-order valence-electron chi connectivity index (χ4n) is 2.51. The van der Waals surface area contributed by atoms with Gasteiger partial charge in [-0.15, -0.1) is 0 Å². The molecule has 0 heterocycles. The van der Waals surface area contributed by atoms with Gasteiger partial charge < -0.3 is 0 Å². The number of rotatable bonds is 3. The summed E-state index contributed by atoms with van der Waals surface area (Å²) in [5.41, 5.74) is 2.37. The lowest BCUT2D eigenvalue weighted by Crippen LogP contribution is -2.22. The van der Waals surface area contributed by atoms with E-state index in [2.05, 4.69) is 54.5 Å². The van der Waals surface area contributed by atoms with E-state index >= 15 is 0 Å². The lowest BCUT2D eigenvalue weighted by Gasteiger charge is -2.34. The molecule has 0 atom stereocenters. The molecule has 0 saturated carbocycles. The summed E-state index contributed by atoms with van der Waals surface area (Å²) in [7, 11) is 0. The molecule has 0 bridgehead atoms. The molecule has 0 rings (SSSR count). The highest BCUT2D eigenvalue weighted by molar-refractivity contribution is 5.11. The molecule has 0 fully saturated rings. The third kappa shape index (κ3) is 4.50. The highest BCUT2D eigenvalue weighted by atomic mass is 14.3. The molecule has 0 radical (unpaired) electrons. The van der Waals surface area contributed by atoms with Crippen LogP contribution in [0.4, 0.5) is 0 Å². The van der Waals surface area contributed by atoms with Crippen LogP contribution in [0.5, 0.6) is 0 Å². The molecular weight excluding hydrogens is 156 g/mol. The minimum absolute atomic E-state index is 0.363. The summed E-state index contributed by atoms with van der Waals surface area (Å²) in [6, 6.07) is 0. The molecule has 0 spiro atoms. The van der Waals surface area contributed by atoms with Gasteiger partial charge in [0.15, 0.2) is 0 Å². The molecule has 78 valence electrons. The van der Waals surface area contributed by atoms with Crippen molar-refractivity contribution in [1.82, 2.24) is 0 Å². The minimum Gasteiger partial charge on any atom is -0.0879 e. The van der Waals surface area contributed by atoms with Crippen LogP contribution in [-0.2, 0) is 0 Å². The maximum atomic E-state index is 2.36. The standard InChI is InChI=1S/C13H26/c1-8-11(9-2)13(6,7)10-12(3,4)5/h8H,9-10H2,1-7H3/b11-8+. The Kier molecular flexibility index (Phi) is 4.22. The van der Waals surface area contributed by atoms with Gasteiger partial charge in [-0.3, -0.25) is 0 Å². The average Bonchev–Trinajstić information content (AvgIpc) is 1.83. The smallest absolute Gasteiger partial charge is 0.0140 e. The first-order valence-corrected chi connectivity index (χ1v) is 5.38. The van der Waals surface area contributed by atoms with Crippen LogP contribution >= 0.6 is 0 Å². The normalized spacial score (nSPS) is 14.8. The van der Waals surface area contributed by atoms with Gasteiger partial charge in [-0.2, -0.15) is 0 Å². The average molecular weight is 182 g/mol. The van der Waals surface area contributed by atoms with Crippen molar-refractivity contribution in [2.24, 2.45) is 10.8 Å². The SMILES string of the molecule is C/C=C(\CC)C(C)(C)CC(C)(C)C. The first-order valence-electron chi connectivity index (χ1n) is 5.38. The second-order valence-corrected chi connectivity index (χ2v) is 5.79. The van der Waals surface area contributed by atoms with Gasteiger partial charge in [0.1, 0.15) is 0 Å². The highest BCUT2D eigenvalue weighted by Gasteiger charge is 2.27. The van der Waals surface area contributed by atoms with Gasteiger partial charge in [0.2, 0.25) is 0 Å². The number of hydrogen-bond acceptors (Lipinski definition) is 0. The van der Waals surface area contributed by atoms with Gasteiger partial charge in [-0.05, 0) is 30.6 Å². The monoisotopic (exact) mass is 182 g/mol. The second kappa shape index (κ2) is 4.30. The maximum absolute atomic E-state index is 2.36. The first kappa shape index (κ1) is 12.7. The van der Waals surface area contributed by atoms with E-state index in [0.717, 1.165) is 0 Å². The van der Waals surface area contributed by atoms with Crippen molar-refractivity contribution in [1.29, 1.82) is 0 Å². The largest absolute Gasteiger partial charge is 0.0879 e. The van der Waals surface area contributed by atoms with Crippen molar-refractivity contribution in [2.75, 3.05) is 0 Å². The molecule has 0 unspecified atom stereocenters. The highest BCUT2D eigenvalue weighted by Crippen LogP contribution is 2.39. The number of allylic oxidation sites excluding steroid dienone is 2. The molecule has 0 nitrogen and oxygen atoms in total. The van der Waals surface area contributed by atoms with Crippen molar-refractivity contribution >= 4 is 0 Å². The van der Waals surface area contributed by atoms with Crippen molar-refractivity contribution in [2.45, 2.75) is 61.3 Å². The Morgan fingerprint density at radius 2 is 1.54 bits per heavy atom. The fourth-order valence-corrected chi connectivity index (χ4v) is 2.51. The maximum Gasteiger partial charge on any atom is -0.0140 e. The van der Waals surface area contributed by atoms with Crippen LogP contribution in [0.2, 0.25) is 0 Å². The zero-order chi connectivity index (χ0) is 10.7. The van der Waals surface area contributed by atoms with Crippen LogP contribution in [-0.4, -0.2) is 0 Å². The predicted octanol–water partition coefficient (Wildman–Crippen LogP) is 4.81. The molecule has 0 heteroatoms. The Balaban J connectivity index is 4.57. The van der Waals surface area contributed by atoms with E-state index in [-0.39, 0.29) is 0 Å². The minimum atomic E-state index is 0.363. The lowest BCUT2D eigenvalue weighted by molar-refractivity contribution is 0.245. The van der Waals surface area contributed by atoms with Crippen LogP contribution in [0, 0.1) is 10.8 Å². The molecule has 0 aromatic carbocycles. The van der Waals surface area contributed by atoms with Gasteiger partial charge in [0.05, 0.1) is 0 Å². The first-order chi connectivity index (χ1) is 5.73. The quantitative estimate of drug-likeness (QED) is 0.550. The van der Waals surface area contributed by atoms with Gasteiger partial charge >= 0.3 is 0 Å². The summed E-state index contributed by atoms with van der Waals surface area (Å²) in [4.78, 5) is 0. The summed E-state index contributed by atoms with van der Waals surface area (Å²) in [5.74, 6) is 0. The molecule has 0 aromatic heterocycles. The molecular formula is C13H26. The van der Waals surface area contributed by atoms with E-state index in [1.807, 2.05) is 0 Å². The van der Waals surface area contributed by atoms with Crippen LogP contribution < -0.4 is 0 Å². The molecule has 0 aromatic rings. The summed E-state index contributed by atoms with van der Waals surface area (Å²) >= 11 is 0. The zero-order valence-electron chi connectivity index (χ0n) is 10.5. The Morgan fingerprint density at radius 3 is 1.77 bits per heavy atom. The zero-order valence-corrected chi connectivity index (χ0v) is 10.5. The van der Waals surface area contributed by atoms with Gasteiger partial charge in [0.25, 0.3) is 0 Å². The third-order valence-corrected chi connectivity index (χ3v) is 2.57. The van der Waals surface area contributed by atoms with Crippen LogP contribution in [0.25, 0.3) is 0 Å². The van der Waals surface area contributed by atoms with Crippen LogP contribution in [0.3, 0.4) is 0 Å². The molecule has 0 aliphatic carbocycles. The van der Waals surface area contributed by atoms with E-state index in [4.69, 9.17) is 0 Å². The second-order valence-electron chi connectivity index (χ2n) is 5.79. The predicted molar refractivity (Wildman–Crippen MR) is 61.9 cm³/mol. The molecule has 0 amide bonds. The molecule has 0 saturated heterocycles. The topological polar surface area (TPSA) is 0 Å². The Morgan fingerprint density at radius 1 is 1.08 bits per heavy atom. The molecule has 13 heavy (non-hydrogen) atoms. The lowest BCUT2D eigenvalue weighted by atomic mass is 9.71.